The van der Waals surface area contributed by atoms with Crippen LogP contribution in [0, 0.1) is 0 Å². The predicted octanol–water partition coefficient (Wildman–Crippen LogP) is 3.24. The molecule has 21 heavy (non-hydrogen) atoms. The second-order valence-corrected chi connectivity index (χ2v) is 6.57. The number of benzene rings is 1. The molecule has 2 amide bonds. The topological polar surface area (TPSA) is 98.7 Å². The highest BCUT2D eigenvalue weighted by molar-refractivity contribution is 9.11. The molecule has 0 radical (unpaired) electrons. The van der Waals surface area contributed by atoms with Crippen molar-refractivity contribution in [2.24, 2.45) is 0 Å². The molecule has 110 valence electrons. The van der Waals surface area contributed by atoms with Gasteiger partial charge in [0, 0.05) is 4.88 Å². The number of carbonyl (C=O) groups excluding carboxylic acids is 1. The minimum absolute atomic E-state index is 0.0414. The van der Waals surface area contributed by atoms with E-state index in [0.29, 0.717) is 6.54 Å². The lowest BCUT2D eigenvalue weighted by atomic mass is 10.2. The molecule has 4 N–H and O–H groups in total. The van der Waals surface area contributed by atoms with E-state index in [-0.39, 0.29) is 11.3 Å². The first-order valence-electron chi connectivity index (χ1n) is 5.81. The molecule has 0 aliphatic heterocycles. The lowest BCUT2D eigenvalue weighted by Crippen LogP contribution is -2.28. The van der Waals surface area contributed by atoms with Gasteiger partial charge in [-0.25, -0.2) is 9.59 Å². The van der Waals surface area contributed by atoms with Crippen LogP contribution in [0.2, 0.25) is 0 Å². The molecule has 0 aliphatic carbocycles. The molecule has 1 heterocycles. The van der Waals surface area contributed by atoms with E-state index >= 15 is 0 Å². The van der Waals surface area contributed by atoms with Crippen molar-refractivity contribution in [1.29, 1.82) is 0 Å². The van der Waals surface area contributed by atoms with E-state index in [4.69, 9.17) is 5.11 Å². The maximum atomic E-state index is 11.7. The molecule has 0 spiro atoms. The molecule has 0 saturated carbocycles. The number of aromatic carboxylic acids is 1. The van der Waals surface area contributed by atoms with Crippen LogP contribution in [0.3, 0.4) is 0 Å². The van der Waals surface area contributed by atoms with Crippen LogP contribution in [0.1, 0.15) is 15.2 Å². The summed E-state index contributed by atoms with van der Waals surface area (Å²) in [5.74, 6) is -1.74. The Balaban J connectivity index is 1.99. The number of amides is 2. The summed E-state index contributed by atoms with van der Waals surface area (Å²) in [6.07, 6.45) is 0. The van der Waals surface area contributed by atoms with Gasteiger partial charge in [-0.15, -0.1) is 11.3 Å². The molecule has 2 aromatic rings. The fourth-order valence-corrected chi connectivity index (χ4v) is 3.02. The number of anilines is 1. The van der Waals surface area contributed by atoms with Crippen molar-refractivity contribution in [2.45, 2.75) is 6.54 Å². The number of nitrogens with one attached hydrogen (secondary N) is 2. The summed E-state index contributed by atoms with van der Waals surface area (Å²) in [6.45, 7) is 0.335. The predicted molar refractivity (Wildman–Crippen MR) is 82.9 cm³/mol. The van der Waals surface area contributed by atoms with Crippen LogP contribution in [0.4, 0.5) is 10.5 Å². The van der Waals surface area contributed by atoms with E-state index < -0.39 is 17.7 Å². The molecule has 0 atom stereocenters. The third-order valence-corrected chi connectivity index (χ3v) is 4.19. The van der Waals surface area contributed by atoms with Crippen LogP contribution in [-0.4, -0.2) is 22.2 Å². The van der Waals surface area contributed by atoms with Crippen molar-refractivity contribution in [1.82, 2.24) is 5.32 Å². The van der Waals surface area contributed by atoms with Gasteiger partial charge < -0.3 is 20.8 Å². The standard InChI is InChI=1S/C13H11BrN2O4S/c14-10-5-4-7(21-10)6-15-13(20)16-9-3-1-2-8(11(9)17)12(18)19/h1-5,17H,6H2,(H,18,19)(H2,15,16,20). The minimum atomic E-state index is -1.26. The van der Waals surface area contributed by atoms with Crippen molar-refractivity contribution in [3.8, 4) is 5.75 Å². The molecule has 0 aliphatic rings. The Morgan fingerprint density at radius 1 is 1.24 bits per heavy atom. The molecular weight excluding hydrogens is 360 g/mol. The van der Waals surface area contributed by atoms with Crippen molar-refractivity contribution in [2.75, 3.05) is 5.32 Å². The highest BCUT2D eigenvalue weighted by Gasteiger charge is 2.14. The van der Waals surface area contributed by atoms with Crippen LogP contribution in [-0.2, 0) is 6.54 Å². The smallest absolute Gasteiger partial charge is 0.339 e. The Morgan fingerprint density at radius 3 is 2.62 bits per heavy atom. The Kier molecular flexibility index (Phi) is 4.81. The molecular formula is C13H11BrN2O4S. The van der Waals surface area contributed by atoms with Crippen molar-refractivity contribution in [3.63, 3.8) is 0 Å². The summed E-state index contributed by atoms with van der Waals surface area (Å²) < 4.78 is 0.964. The van der Waals surface area contributed by atoms with Gasteiger partial charge in [0.2, 0.25) is 0 Å². The van der Waals surface area contributed by atoms with Crippen LogP contribution in [0.5, 0.6) is 5.75 Å². The van der Waals surface area contributed by atoms with E-state index in [1.54, 1.807) is 0 Å². The summed E-state index contributed by atoms with van der Waals surface area (Å²) in [5.41, 5.74) is -0.227. The van der Waals surface area contributed by atoms with Crippen LogP contribution < -0.4 is 10.6 Å². The summed E-state index contributed by atoms with van der Waals surface area (Å²) in [6, 6.07) is 7.33. The van der Waals surface area contributed by atoms with Crippen molar-refractivity contribution < 1.29 is 19.8 Å². The first kappa shape index (κ1) is 15.3. The monoisotopic (exact) mass is 370 g/mol. The average Bonchev–Trinajstić information content (AvgIpc) is 2.84. The number of carboxylic acid groups (broad SMARTS) is 1. The van der Waals surface area contributed by atoms with Gasteiger partial charge in [0.15, 0.2) is 5.75 Å². The van der Waals surface area contributed by atoms with Crippen LogP contribution in [0.15, 0.2) is 34.1 Å². The molecule has 8 heteroatoms. The summed E-state index contributed by atoms with van der Waals surface area (Å²) in [7, 11) is 0. The number of halogens is 1. The second-order valence-electron chi connectivity index (χ2n) is 4.02. The summed E-state index contributed by atoms with van der Waals surface area (Å²) in [4.78, 5) is 23.6. The Hall–Kier alpha value is -2.06. The lowest BCUT2D eigenvalue weighted by Gasteiger charge is -2.09. The van der Waals surface area contributed by atoms with Crippen LogP contribution in [0.25, 0.3) is 0 Å². The molecule has 0 unspecified atom stereocenters. The number of para-hydroxylation sites is 1. The number of aromatic hydroxyl groups is 1. The van der Waals surface area contributed by atoms with E-state index in [0.717, 1.165) is 8.66 Å². The third-order valence-electron chi connectivity index (χ3n) is 2.57. The van der Waals surface area contributed by atoms with Gasteiger partial charge in [-0.1, -0.05) is 6.07 Å². The zero-order valence-electron chi connectivity index (χ0n) is 10.6. The Bertz CT molecular complexity index is 687. The molecule has 0 bridgehead atoms. The number of phenols is 1. The molecule has 1 aromatic carbocycles. The maximum absolute atomic E-state index is 11.7. The molecule has 0 saturated heterocycles. The number of thiophene rings is 1. The van der Waals surface area contributed by atoms with E-state index in [1.165, 1.54) is 29.5 Å². The van der Waals surface area contributed by atoms with Crippen molar-refractivity contribution >= 4 is 45.0 Å². The summed E-state index contributed by atoms with van der Waals surface area (Å²) in [5, 5.41) is 23.7. The van der Waals surface area contributed by atoms with Gasteiger partial charge in [-0.2, -0.15) is 0 Å². The number of carbonyl (C=O) groups is 2. The normalized spacial score (nSPS) is 10.1. The number of hydrogen-bond donors (Lipinski definition) is 4. The number of rotatable bonds is 4. The van der Waals surface area contributed by atoms with Gasteiger partial charge in [0.05, 0.1) is 16.0 Å². The number of hydrogen-bond acceptors (Lipinski definition) is 4. The Morgan fingerprint density at radius 2 is 2.00 bits per heavy atom. The van der Waals surface area contributed by atoms with E-state index in [1.807, 2.05) is 12.1 Å². The van der Waals surface area contributed by atoms with Gasteiger partial charge in [-0.3, -0.25) is 0 Å². The summed E-state index contributed by atoms with van der Waals surface area (Å²) >= 11 is 4.82. The largest absolute Gasteiger partial charge is 0.505 e. The molecule has 2 rings (SSSR count). The van der Waals surface area contributed by atoms with Gasteiger partial charge >= 0.3 is 12.0 Å². The Labute approximate surface area is 132 Å². The fraction of sp³-hybridized carbons (Fsp3) is 0.0769. The maximum Gasteiger partial charge on any atom is 0.339 e. The van der Waals surface area contributed by atoms with Gasteiger partial charge in [0.25, 0.3) is 0 Å². The molecule has 0 fully saturated rings. The highest BCUT2D eigenvalue weighted by Crippen LogP contribution is 2.27. The number of urea groups is 1. The molecule has 6 nitrogen and oxygen atoms in total. The van der Waals surface area contributed by atoms with Gasteiger partial charge in [-0.05, 0) is 40.2 Å². The number of carboxylic acids is 1. The van der Waals surface area contributed by atoms with Crippen molar-refractivity contribution in [3.05, 3.63) is 44.6 Å². The fourth-order valence-electron chi connectivity index (χ4n) is 1.60. The zero-order valence-corrected chi connectivity index (χ0v) is 13.0. The minimum Gasteiger partial charge on any atom is -0.505 e. The van der Waals surface area contributed by atoms with E-state index in [9.17, 15) is 14.7 Å². The SMILES string of the molecule is O=C(NCc1ccc(Br)s1)Nc1cccc(C(=O)O)c1O. The first-order valence-corrected chi connectivity index (χ1v) is 7.42. The average molecular weight is 371 g/mol. The third kappa shape index (κ3) is 3.96. The van der Waals surface area contributed by atoms with Gasteiger partial charge in [0.1, 0.15) is 5.56 Å². The highest BCUT2D eigenvalue weighted by atomic mass is 79.9. The first-order chi connectivity index (χ1) is 9.97. The van der Waals surface area contributed by atoms with Crippen LogP contribution >= 0.6 is 27.3 Å². The molecule has 1 aromatic heterocycles. The second kappa shape index (κ2) is 6.59. The quantitative estimate of drug-likeness (QED) is 0.620. The lowest BCUT2D eigenvalue weighted by molar-refractivity contribution is 0.0694. The van der Waals surface area contributed by atoms with E-state index in [2.05, 4.69) is 26.6 Å². The zero-order chi connectivity index (χ0) is 15.4.